The van der Waals surface area contributed by atoms with E-state index in [9.17, 15) is 9.59 Å². The van der Waals surface area contributed by atoms with Gasteiger partial charge in [0.25, 0.3) is 0 Å². The van der Waals surface area contributed by atoms with Gasteiger partial charge in [-0.3, -0.25) is 0 Å². The zero-order chi connectivity index (χ0) is 23.6. The number of ether oxygens (including phenoxy) is 5. The fourth-order valence-corrected chi connectivity index (χ4v) is 3.40. The SMILES string of the molecule is O=C(OCC1CCCO1)c1cccc(OC(=O)c2ccc(OCCOc3ccccc3)cc2)c1. The minimum Gasteiger partial charge on any atom is -0.490 e. The summed E-state index contributed by atoms with van der Waals surface area (Å²) in [6.07, 6.45) is 1.81. The zero-order valence-corrected chi connectivity index (χ0v) is 18.7. The average Bonchev–Trinajstić information content (AvgIpc) is 3.40. The van der Waals surface area contributed by atoms with Crippen LogP contribution in [-0.4, -0.2) is 44.5 Å². The van der Waals surface area contributed by atoms with Crippen LogP contribution >= 0.6 is 0 Å². The minimum atomic E-state index is -0.538. The molecule has 1 fully saturated rings. The van der Waals surface area contributed by atoms with E-state index in [1.807, 2.05) is 30.3 Å². The van der Waals surface area contributed by atoms with E-state index in [1.165, 1.54) is 6.07 Å². The molecule has 7 heteroatoms. The Morgan fingerprint density at radius 3 is 2.18 bits per heavy atom. The Hall–Kier alpha value is -3.84. The molecule has 0 N–H and O–H groups in total. The first kappa shape index (κ1) is 23.3. The summed E-state index contributed by atoms with van der Waals surface area (Å²) >= 11 is 0. The number of benzene rings is 3. The molecule has 176 valence electrons. The summed E-state index contributed by atoms with van der Waals surface area (Å²) in [5.41, 5.74) is 0.670. The fourth-order valence-electron chi connectivity index (χ4n) is 3.40. The molecule has 0 spiro atoms. The topological polar surface area (TPSA) is 80.3 Å². The lowest BCUT2D eigenvalue weighted by Gasteiger charge is -2.11. The molecule has 1 atom stereocenters. The highest BCUT2D eigenvalue weighted by Gasteiger charge is 2.18. The molecular formula is C27H26O7. The van der Waals surface area contributed by atoms with Crippen molar-refractivity contribution in [3.63, 3.8) is 0 Å². The van der Waals surface area contributed by atoms with Crippen molar-refractivity contribution in [2.75, 3.05) is 26.4 Å². The van der Waals surface area contributed by atoms with Crippen molar-refractivity contribution in [3.8, 4) is 17.2 Å². The molecule has 4 rings (SSSR count). The molecule has 0 amide bonds. The molecule has 0 bridgehead atoms. The summed E-state index contributed by atoms with van der Waals surface area (Å²) in [5, 5.41) is 0. The summed E-state index contributed by atoms with van der Waals surface area (Å²) in [5.74, 6) is 0.637. The Balaban J connectivity index is 1.24. The minimum absolute atomic E-state index is 0.0479. The number of esters is 2. The molecule has 1 aliphatic rings. The Kier molecular flexibility index (Phi) is 8.13. The van der Waals surface area contributed by atoms with Crippen LogP contribution in [0.3, 0.4) is 0 Å². The quantitative estimate of drug-likeness (QED) is 0.245. The van der Waals surface area contributed by atoms with Gasteiger partial charge < -0.3 is 23.7 Å². The summed E-state index contributed by atoms with van der Waals surface area (Å²) in [6.45, 7) is 1.69. The van der Waals surface area contributed by atoms with Gasteiger partial charge in [-0.25, -0.2) is 9.59 Å². The Bertz CT molecular complexity index is 1070. The van der Waals surface area contributed by atoms with Gasteiger partial charge in [0.15, 0.2) is 0 Å². The predicted octanol–water partition coefficient (Wildman–Crippen LogP) is 4.70. The molecule has 1 saturated heterocycles. The van der Waals surface area contributed by atoms with E-state index in [4.69, 9.17) is 23.7 Å². The molecule has 1 heterocycles. The second-order valence-corrected chi connectivity index (χ2v) is 7.69. The number of carbonyl (C=O) groups excluding carboxylic acids is 2. The van der Waals surface area contributed by atoms with E-state index in [-0.39, 0.29) is 18.5 Å². The molecule has 0 saturated carbocycles. The summed E-state index contributed by atoms with van der Waals surface area (Å²) in [4.78, 5) is 24.8. The second-order valence-electron chi connectivity index (χ2n) is 7.69. The van der Waals surface area contributed by atoms with Crippen molar-refractivity contribution in [2.24, 2.45) is 0 Å². The lowest BCUT2D eigenvalue weighted by Crippen LogP contribution is -2.18. The monoisotopic (exact) mass is 462 g/mol. The van der Waals surface area contributed by atoms with Crippen LogP contribution in [0.4, 0.5) is 0 Å². The Morgan fingerprint density at radius 2 is 1.47 bits per heavy atom. The van der Waals surface area contributed by atoms with Crippen LogP contribution in [0.1, 0.15) is 33.6 Å². The van der Waals surface area contributed by atoms with Gasteiger partial charge in [0.05, 0.1) is 17.2 Å². The first-order valence-corrected chi connectivity index (χ1v) is 11.2. The largest absolute Gasteiger partial charge is 0.490 e. The third kappa shape index (κ3) is 6.83. The summed E-state index contributed by atoms with van der Waals surface area (Å²) in [7, 11) is 0. The Labute approximate surface area is 198 Å². The van der Waals surface area contributed by atoms with Crippen LogP contribution in [-0.2, 0) is 9.47 Å². The molecule has 3 aromatic carbocycles. The number of hydrogen-bond acceptors (Lipinski definition) is 7. The molecule has 1 aliphatic heterocycles. The highest BCUT2D eigenvalue weighted by Crippen LogP contribution is 2.19. The van der Waals surface area contributed by atoms with E-state index >= 15 is 0 Å². The van der Waals surface area contributed by atoms with Gasteiger partial charge in [-0.15, -0.1) is 0 Å². The van der Waals surface area contributed by atoms with Gasteiger partial charge in [0.2, 0.25) is 0 Å². The molecule has 7 nitrogen and oxygen atoms in total. The van der Waals surface area contributed by atoms with Crippen molar-refractivity contribution in [3.05, 3.63) is 90.0 Å². The van der Waals surface area contributed by atoms with Gasteiger partial charge in [0.1, 0.15) is 37.1 Å². The van der Waals surface area contributed by atoms with Crippen molar-refractivity contribution >= 4 is 11.9 Å². The first-order valence-electron chi connectivity index (χ1n) is 11.2. The predicted molar refractivity (Wildman–Crippen MR) is 125 cm³/mol. The van der Waals surface area contributed by atoms with Crippen molar-refractivity contribution in [1.82, 2.24) is 0 Å². The number of para-hydroxylation sites is 1. The van der Waals surface area contributed by atoms with Crippen LogP contribution in [0.15, 0.2) is 78.9 Å². The molecule has 34 heavy (non-hydrogen) atoms. The summed E-state index contributed by atoms with van der Waals surface area (Å²) in [6, 6.07) is 22.5. The zero-order valence-electron chi connectivity index (χ0n) is 18.7. The lowest BCUT2D eigenvalue weighted by molar-refractivity contribution is 0.0161. The van der Waals surface area contributed by atoms with E-state index in [1.54, 1.807) is 42.5 Å². The van der Waals surface area contributed by atoms with Crippen LogP contribution in [0, 0.1) is 0 Å². The smallest absolute Gasteiger partial charge is 0.343 e. The summed E-state index contributed by atoms with van der Waals surface area (Å²) < 4.78 is 27.4. The van der Waals surface area contributed by atoms with Gasteiger partial charge in [0, 0.05) is 6.61 Å². The van der Waals surface area contributed by atoms with Crippen LogP contribution in [0.25, 0.3) is 0 Å². The normalized spacial score (nSPS) is 14.9. The molecule has 0 aromatic heterocycles. The lowest BCUT2D eigenvalue weighted by atomic mass is 10.2. The third-order valence-electron chi connectivity index (χ3n) is 5.16. The van der Waals surface area contributed by atoms with E-state index in [0.717, 1.165) is 18.6 Å². The van der Waals surface area contributed by atoms with Gasteiger partial charge in [-0.1, -0.05) is 24.3 Å². The highest BCUT2D eigenvalue weighted by molar-refractivity contribution is 5.92. The average molecular weight is 462 g/mol. The maximum Gasteiger partial charge on any atom is 0.343 e. The number of carbonyl (C=O) groups is 2. The van der Waals surface area contributed by atoms with E-state index in [2.05, 4.69) is 0 Å². The first-order chi connectivity index (χ1) is 16.7. The molecular weight excluding hydrogens is 436 g/mol. The van der Waals surface area contributed by atoms with Crippen molar-refractivity contribution < 1.29 is 33.3 Å². The van der Waals surface area contributed by atoms with Crippen LogP contribution < -0.4 is 14.2 Å². The van der Waals surface area contributed by atoms with Crippen molar-refractivity contribution in [1.29, 1.82) is 0 Å². The van der Waals surface area contributed by atoms with E-state index in [0.29, 0.717) is 36.7 Å². The third-order valence-corrected chi connectivity index (χ3v) is 5.16. The maximum atomic E-state index is 12.5. The molecule has 0 aliphatic carbocycles. The molecule has 0 radical (unpaired) electrons. The second kappa shape index (κ2) is 11.9. The van der Waals surface area contributed by atoms with Crippen LogP contribution in [0.5, 0.6) is 17.2 Å². The number of hydrogen-bond donors (Lipinski definition) is 0. The van der Waals surface area contributed by atoms with Gasteiger partial charge >= 0.3 is 11.9 Å². The fraction of sp³-hybridized carbons (Fsp3) is 0.259. The molecule has 1 unspecified atom stereocenters. The number of rotatable bonds is 10. The highest BCUT2D eigenvalue weighted by atomic mass is 16.6. The van der Waals surface area contributed by atoms with Crippen molar-refractivity contribution in [2.45, 2.75) is 18.9 Å². The van der Waals surface area contributed by atoms with E-state index < -0.39 is 11.9 Å². The maximum absolute atomic E-state index is 12.5. The van der Waals surface area contributed by atoms with Gasteiger partial charge in [-0.2, -0.15) is 0 Å². The Morgan fingerprint density at radius 1 is 0.765 bits per heavy atom. The standard InChI is InChI=1S/C27H26O7/c28-26(33-19-25-10-5-15-30-25)21-6-4-9-24(18-21)34-27(29)20-11-13-23(14-12-20)32-17-16-31-22-7-2-1-3-8-22/h1-4,6-9,11-14,18,25H,5,10,15-17,19H2. The van der Waals surface area contributed by atoms with Crippen LogP contribution in [0.2, 0.25) is 0 Å². The molecule has 3 aromatic rings. The van der Waals surface area contributed by atoms with Gasteiger partial charge in [-0.05, 0) is 67.4 Å².